The number of hydrogen-bond acceptors (Lipinski definition) is 4. The highest BCUT2D eigenvalue weighted by Crippen LogP contribution is 2.18. The van der Waals surface area contributed by atoms with Gasteiger partial charge in [-0.1, -0.05) is 28.1 Å². The molecule has 6 nitrogen and oxygen atoms in total. The maximum absolute atomic E-state index is 12.8. The number of hydrogen-bond donors (Lipinski definition) is 1. The minimum absolute atomic E-state index is 0.165. The molecule has 0 aliphatic heterocycles. The minimum atomic E-state index is -0.624. The van der Waals surface area contributed by atoms with E-state index in [1.54, 1.807) is 45.3 Å². The molecular weight excluding hydrogens is 412 g/mol. The molecule has 0 spiro atoms. The van der Waals surface area contributed by atoms with Crippen molar-refractivity contribution in [2.45, 2.75) is 19.5 Å². The lowest BCUT2D eigenvalue weighted by molar-refractivity contribution is -0.142. The fraction of sp³-hybridized carbons (Fsp3) is 0.300. The first-order valence-corrected chi connectivity index (χ1v) is 9.26. The van der Waals surface area contributed by atoms with Crippen LogP contribution in [0.4, 0.5) is 0 Å². The first kappa shape index (κ1) is 20.8. The number of nitrogens with zero attached hydrogens (tertiary/aromatic N) is 1. The quantitative estimate of drug-likeness (QED) is 0.693. The molecule has 0 fully saturated rings. The van der Waals surface area contributed by atoms with Crippen molar-refractivity contribution in [1.82, 2.24) is 10.2 Å². The van der Waals surface area contributed by atoms with E-state index in [1.807, 2.05) is 24.3 Å². The number of benzene rings is 2. The lowest BCUT2D eigenvalue weighted by Crippen LogP contribution is -2.48. The molecule has 0 saturated heterocycles. The highest BCUT2D eigenvalue weighted by Gasteiger charge is 2.25. The van der Waals surface area contributed by atoms with Gasteiger partial charge in [0.15, 0.2) is 6.61 Å². The van der Waals surface area contributed by atoms with Crippen LogP contribution in [0.25, 0.3) is 0 Å². The van der Waals surface area contributed by atoms with E-state index in [0.717, 1.165) is 10.0 Å². The number of methoxy groups -OCH3 is 1. The molecule has 7 heteroatoms. The van der Waals surface area contributed by atoms with Gasteiger partial charge in [0.05, 0.1) is 7.11 Å². The molecule has 0 radical (unpaired) electrons. The predicted molar refractivity (Wildman–Crippen MR) is 107 cm³/mol. The average molecular weight is 435 g/mol. The summed E-state index contributed by atoms with van der Waals surface area (Å²) in [4.78, 5) is 26.4. The molecule has 1 N–H and O–H groups in total. The van der Waals surface area contributed by atoms with Gasteiger partial charge >= 0.3 is 0 Å². The average Bonchev–Trinajstić information content (AvgIpc) is 2.69. The second-order valence-corrected chi connectivity index (χ2v) is 6.82. The van der Waals surface area contributed by atoms with Crippen molar-refractivity contribution in [2.75, 3.05) is 20.8 Å². The van der Waals surface area contributed by atoms with Crippen LogP contribution >= 0.6 is 15.9 Å². The molecular formula is C20H23BrN2O4. The molecule has 2 amide bonds. The Bertz CT molecular complexity index is 780. The molecule has 1 atom stereocenters. The van der Waals surface area contributed by atoms with Crippen LogP contribution in [0.15, 0.2) is 53.0 Å². The molecule has 0 bridgehead atoms. The molecule has 0 aliphatic carbocycles. The Balaban J connectivity index is 2.10. The van der Waals surface area contributed by atoms with E-state index in [9.17, 15) is 9.59 Å². The zero-order valence-electron chi connectivity index (χ0n) is 15.6. The molecule has 0 heterocycles. The first-order chi connectivity index (χ1) is 12.9. The van der Waals surface area contributed by atoms with Crippen LogP contribution in [-0.4, -0.2) is 43.5 Å². The van der Waals surface area contributed by atoms with Crippen LogP contribution in [0, 0.1) is 0 Å². The lowest BCUT2D eigenvalue weighted by Gasteiger charge is -2.28. The SMILES string of the molecule is CNC(=O)[C@@H](C)N(Cc1cccc(Br)c1)C(=O)COc1ccc(OC)cc1. The van der Waals surface area contributed by atoms with Gasteiger partial charge in [0.1, 0.15) is 17.5 Å². The maximum atomic E-state index is 12.8. The fourth-order valence-corrected chi connectivity index (χ4v) is 2.97. The van der Waals surface area contributed by atoms with E-state index < -0.39 is 6.04 Å². The molecule has 144 valence electrons. The van der Waals surface area contributed by atoms with Gasteiger partial charge in [0, 0.05) is 18.1 Å². The summed E-state index contributed by atoms with van der Waals surface area (Å²) in [5.74, 6) is 0.752. The second-order valence-electron chi connectivity index (χ2n) is 5.91. The van der Waals surface area contributed by atoms with E-state index in [-0.39, 0.29) is 18.4 Å². The van der Waals surface area contributed by atoms with Crippen molar-refractivity contribution in [3.8, 4) is 11.5 Å². The second kappa shape index (κ2) is 9.97. The van der Waals surface area contributed by atoms with Crippen molar-refractivity contribution in [1.29, 1.82) is 0 Å². The number of likely N-dealkylation sites (N-methyl/N-ethyl adjacent to an activating group) is 1. The van der Waals surface area contributed by atoms with Crippen LogP contribution in [0.2, 0.25) is 0 Å². The Kier molecular flexibility index (Phi) is 7.67. The zero-order chi connectivity index (χ0) is 19.8. The van der Waals surface area contributed by atoms with Gasteiger partial charge in [0.25, 0.3) is 5.91 Å². The van der Waals surface area contributed by atoms with E-state index >= 15 is 0 Å². The Morgan fingerprint density at radius 3 is 2.41 bits per heavy atom. The van der Waals surface area contributed by atoms with Crippen LogP contribution in [-0.2, 0) is 16.1 Å². The molecule has 2 rings (SSSR count). The Labute approximate surface area is 167 Å². The summed E-state index contributed by atoms with van der Waals surface area (Å²) in [6, 6.07) is 14.0. The van der Waals surface area contributed by atoms with Crippen molar-refractivity contribution >= 4 is 27.7 Å². The van der Waals surface area contributed by atoms with Crippen molar-refractivity contribution in [2.24, 2.45) is 0 Å². The van der Waals surface area contributed by atoms with Gasteiger partial charge in [-0.2, -0.15) is 0 Å². The monoisotopic (exact) mass is 434 g/mol. The lowest BCUT2D eigenvalue weighted by atomic mass is 10.1. The summed E-state index contributed by atoms with van der Waals surface area (Å²) < 4.78 is 11.6. The number of rotatable bonds is 8. The zero-order valence-corrected chi connectivity index (χ0v) is 17.2. The van der Waals surface area contributed by atoms with Gasteiger partial charge in [-0.05, 0) is 48.9 Å². The fourth-order valence-electron chi connectivity index (χ4n) is 2.52. The first-order valence-electron chi connectivity index (χ1n) is 8.47. The van der Waals surface area contributed by atoms with Crippen LogP contribution in [0.5, 0.6) is 11.5 Å². The van der Waals surface area contributed by atoms with Crippen LogP contribution < -0.4 is 14.8 Å². The molecule has 27 heavy (non-hydrogen) atoms. The van der Waals surface area contributed by atoms with Crippen molar-refractivity contribution < 1.29 is 19.1 Å². The number of nitrogens with one attached hydrogen (secondary N) is 1. The maximum Gasteiger partial charge on any atom is 0.261 e. The van der Waals surface area contributed by atoms with Gasteiger partial charge < -0.3 is 19.7 Å². The Morgan fingerprint density at radius 2 is 1.81 bits per heavy atom. The predicted octanol–water partition coefficient (Wildman–Crippen LogP) is 3.00. The third kappa shape index (κ3) is 5.99. The van der Waals surface area contributed by atoms with E-state index in [2.05, 4.69) is 21.2 Å². The van der Waals surface area contributed by atoms with E-state index in [0.29, 0.717) is 18.0 Å². The molecule has 0 saturated carbocycles. The summed E-state index contributed by atoms with van der Waals surface area (Å²) in [6.45, 7) is 1.84. The standard InChI is InChI=1S/C20H23BrN2O4/c1-14(20(25)22-2)23(12-15-5-4-6-16(21)11-15)19(24)13-27-18-9-7-17(26-3)8-10-18/h4-11,14H,12-13H2,1-3H3,(H,22,25)/t14-/m1/s1. The summed E-state index contributed by atoms with van der Waals surface area (Å²) in [6.07, 6.45) is 0. The van der Waals surface area contributed by atoms with Gasteiger partial charge in [0.2, 0.25) is 5.91 Å². The Morgan fingerprint density at radius 1 is 1.15 bits per heavy atom. The molecule has 2 aromatic rings. The highest BCUT2D eigenvalue weighted by atomic mass is 79.9. The van der Waals surface area contributed by atoms with Gasteiger partial charge in [-0.15, -0.1) is 0 Å². The molecule has 2 aromatic carbocycles. The summed E-state index contributed by atoms with van der Waals surface area (Å²) >= 11 is 3.42. The molecule has 0 aromatic heterocycles. The van der Waals surface area contributed by atoms with E-state index in [1.165, 1.54) is 4.90 Å². The number of halogens is 1. The van der Waals surface area contributed by atoms with E-state index in [4.69, 9.17) is 9.47 Å². The summed E-state index contributed by atoms with van der Waals surface area (Å²) in [5, 5.41) is 2.59. The highest BCUT2D eigenvalue weighted by molar-refractivity contribution is 9.10. The third-order valence-electron chi connectivity index (χ3n) is 4.08. The summed E-state index contributed by atoms with van der Waals surface area (Å²) in [5.41, 5.74) is 0.915. The third-order valence-corrected chi connectivity index (χ3v) is 4.57. The minimum Gasteiger partial charge on any atom is -0.497 e. The smallest absolute Gasteiger partial charge is 0.261 e. The number of amides is 2. The van der Waals surface area contributed by atoms with Crippen LogP contribution in [0.3, 0.4) is 0 Å². The van der Waals surface area contributed by atoms with Crippen molar-refractivity contribution in [3.05, 3.63) is 58.6 Å². The number of carbonyl (C=O) groups is 2. The molecule has 0 unspecified atom stereocenters. The van der Waals surface area contributed by atoms with Crippen LogP contribution in [0.1, 0.15) is 12.5 Å². The molecule has 0 aliphatic rings. The van der Waals surface area contributed by atoms with Crippen molar-refractivity contribution in [3.63, 3.8) is 0 Å². The topological polar surface area (TPSA) is 67.9 Å². The largest absolute Gasteiger partial charge is 0.497 e. The van der Waals surface area contributed by atoms with Gasteiger partial charge in [-0.3, -0.25) is 9.59 Å². The number of carbonyl (C=O) groups excluding carboxylic acids is 2. The number of ether oxygens (including phenoxy) is 2. The van der Waals surface area contributed by atoms with Gasteiger partial charge in [-0.25, -0.2) is 0 Å². The normalized spacial score (nSPS) is 11.4. The summed E-state index contributed by atoms with van der Waals surface area (Å²) in [7, 11) is 3.13. The Hall–Kier alpha value is -2.54.